The third-order valence-electron chi connectivity index (χ3n) is 5.48. The van der Waals surface area contributed by atoms with Gasteiger partial charge in [0.2, 0.25) is 5.91 Å². The Bertz CT molecular complexity index is 1330. The molecule has 0 bridgehead atoms. The second-order valence-corrected chi connectivity index (χ2v) is 7.37. The molecule has 3 aromatic carbocycles. The summed E-state index contributed by atoms with van der Waals surface area (Å²) in [5, 5.41) is 2.87. The highest BCUT2D eigenvalue weighted by Crippen LogP contribution is 2.38. The Morgan fingerprint density at radius 3 is 2.45 bits per heavy atom. The Hall–Kier alpha value is -3.68. The van der Waals surface area contributed by atoms with Gasteiger partial charge in [0.1, 0.15) is 11.3 Å². The molecule has 0 radical (unpaired) electrons. The van der Waals surface area contributed by atoms with Crippen molar-refractivity contribution in [3.05, 3.63) is 88.7 Å². The van der Waals surface area contributed by atoms with E-state index in [9.17, 15) is 22.4 Å². The number of aromatic nitrogens is 2. The van der Waals surface area contributed by atoms with Gasteiger partial charge in [-0.05, 0) is 28.8 Å². The number of imidazole rings is 1. The zero-order chi connectivity index (χ0) is 21.8. The SMILES string of the molecule is O=C1NCc2ccccc2C1c1ccccc1-c1nc2c(F)cc(C(F)(F)F)cc2[nH]1. The predicted octanol–water partition coefficient (Wildman–Crippen LogP) is 5.15. The van der Waals surface area contributed by atoms with Crippen LogP contribution in [-0.4, -0.2) is 15.9 Å². The normalized spacial score (nSPS) is 16.3. The largest absolute Gasteiger partial charge is 0.416 e. The number of amides is 1. The fraction of sp³-hybridized carbons (Fsp3) is 0.130. The second kappa shape index (κ2) is 6.94. The Kier molecular flexibility index (Phi) is 4.32. The van der Waals surface area contributed by atoms with E-state index < -0.39 is 23.5 Å². The number of carbonyl (C=O) groups is 1. The fourth-order valence-corrected chi connectivity index (χ4v) is 4.04. The number of nitrogens with zero attached hydrogens (tertiary/aromatic N) is 1. The molecule has 1 unspecified atom stereocenters. The standard InChI is InChI=1S/C23H15F4N3O/c24-17-9-13(23(25,26)27)10-18-20(17)30-21(29-18)16-8-4-3-7-15(16)19-14-6-2-1-5-12(14)11-28-22(19)31/h1-10,19H,11H2,(H,28,31)(H,29,30). The molecule has 0 aliphatic carbocycles. The summed E-state index contributed by atoms with van der Waals surface area (Å²) >= 11 is 0. The second-order valence-electron chi connectivity index (χ2n) is 7.37. The van der Waals surface area contributed by atoms with E-state index in [-0.39, 0.29) is 22.8 Å². The zero-order valence-electron chi connectivity index (χ0n) is 15.9. The minimum Gasteiger partial charge on any atom is -0.351 e. The summed E-state index contributed by atoms with van der Waals surface area (Å²) in [5.41, 5.74) is 1.62. The first-order valence-corrected chi connectivity index (χ1v) is 9.54. The van der Waals surface area contributed by atoms with Crippen molar-refractivity contribution >= 4 is 16.9 Å². The van der Waals surface area contributed by atoms with Crippen molar-refractivity contribution in [3.63, 3.8) is 0 Å². The zero-order valence-corrected chi connectivity index (χ0v) is 15.9. The van der Waals surface area contributed by atoms with E-state index in [1.807, 2.05) is 24.3 Å². The molecule has 4 aromatic rings. The van der Waals surface area contributed by atoms with Gasteiger partial charge in [-0.3, -0.25) is 4.79 Å². The van der Waals surface area contributed by atoms with Crippen molar-refractivity contribution < 1.29 is 22.4 Å². The molecule has 1 aliphatic rings. The molecule has 31 heavy (non-hydrogen) atoms. The van der Waals surface area contributed by atoms with Crippen LogP contribution in [0.15, 0.2) is 60.7 Å². The van der Waals surface area contributed by atoms with E-state index in [0.29, 0.717) is 23.7 Å². The van der Waals surface area contributed by atoms with Crippen molar-refractivity contribution in [1.82, 2.24) is 15.3 Å². The smallest absolute Gasteiger partial charge is 0.351 e. The van der Waals surface area contributed by atoms with Crippen molar-refractivity contribution in [2.24, 2.45) is 0 Å². The molecule has 0 saturated heterocycles. The summed E-state index contributed by atoms with van der Waals surface area (Å²) in [5.74, 6) is -1.68. The summed E-state index contributed by atoms with van der Waals surface area (Å²) in [4.78, 5) is 19.8. The van der Waals surface area contributed by atoms with Gasteiger partial charge in [0.05, 0.1) is 17.0 Å². The third-order valence-corrected chi connectivity index (χ3v) is 5.48. The van der Waals surface area contributed by atoms with E-state index in [1.54, 1.807) is 24.3 Å². The lowest BCUT2D eigenvalue weighted by Crippen LogP contribution is -2.35. The Labute approximate surface area is 173 Å². The number of fused-ring (bicyclic) bond motifs is 2. The van der Waals surface area contributed by atoms with Crippen LogP contribution in [0.3, 0.4) is 0 Å². The molecule has 0 fully saturated rings. The lowest BCUT2D eigenvalue weighted by Gasteiger charge is -2.27. The number of carbonyl (C=O) groups excluding carboxylic acids is 1. The van der Waals surface area contributed by atoms with E-state index in [4.69, 9.17) is 0 Å². The molecule has 0 saturated carbocycles. The lowest BCUT2D eigenvalue weighted by molar-refractivity contribution is -0.137. The molecular formula is C23H15F4N3O. The van der Waals surface area contributed by atoms with Crippen LogP contribution in [0.1, 0.15) is 28.2 Å². The number of halogens is 4. The third kappa shape index (κ3) is 3.24. The van der Waals surface area contributed by atoms with Crippen LogP contribution < -0.4 is 5.32 Å². The highest BCUT2D eigenvalue weighted by atomic mass is 19.4. The molecule has 2 heterocycles. The minimum atomic E-state index is -4.68. The van der Waals surface area contributed by atoms with Gasteiger partial charge in [0.25, 0.3) is 0 Å². The maximum atomic E-state index is 14.4. The molecule has 8 heteroatoms. The van der Waals surface area contributed by atoms with Crippen LogP contribution in [0.4, 0.5) is 17.6 Å². The van der Waals surface area contributed by atoms with Gasteiger partial charge in [-0.15, -0.1) is 0 Å². The molecule has 1 amide bonds. The first-order valence-electron chi connectivity index (χ1n) is 9.54. The molecule has 156 valence electrons. The van der Waals surface area contributed by atoms with Gasteiger partial charge < -0.3 is 10.3 Å². The predicted molar refractivity (Wildman–Crippen MR) is 107 cm³/mol. The number of H-pyrrole nitrogens is 1. The van der Waals surface area contributed by atoms with E-state index >= 15 is 0 Å². The van der Waals surface area contributed by atoms with Crippen LogP contribution >= 0.6 is 0 Å². The molecule has 4 nitrogen and oxygen atoms in total. The van der Waals surface area contributed by atoms with Crippen LogP contribution in [-0.2, 0) is 17.5 Å². The van der Waals surface area contributed by atoms with Crippen LogP contribution in [0.25, 0.3) is 22.4 Å². The lowest BCUT2D eigenvalue weighted by atomic mass is 9.82. The number of hydrogen-bond donors (Lipinski definition) is 2. The van der Waals surface area contributed by atoms with Gasteiger partial charge in [0, 0.05) is 12.1 Å². The summed E-state index contributed by atoms with van der Waals surface area (Å²) < 4.78 is 53.6. The van der Waals surface area contributed by atoms with Crippen molar-refractivity contribution in [2.75, 3.05) is 0 Å². The summed E-state index contributed by atoms with van der Waals surface area (Å²) in [6.07, 6.45) is -4.68. The maximum absolute atomic E-state index is 14.4. The highest BCUT2D eigenvalue weighted by molar-refractivity contribution is 5.91. The molecule has 2 N–H and O–H groups in total. The van der Waals surface area contributed by atoms with Crippen molar-refractivity contribution in [2.45, 2.75) is 18.6 Å². The number of hydrogen-bond acceptors (Lipinski definition) is 2. The maximum Gasteiger partial charge on any atom is 0.416 e. The van der Waals surface area contributed by atoms with Crippen LogP contribution in [0, 0.1) is 5.82 Å². The monoisotopic (exact) mass is 425 g/mol. The van der Waals surface area contributed by atoms with Gasteiger partial charge in [-0.1, -0.05) is 48.5 Å². The Balaban J connectivity index is 1.68. The van der Waals surface area contributed by atoms with E-state index in [1.165, 1.54) is 0 Å². The minimum absolute atomic E-state index is 0.0642. The van der Waals surface area contributed by atoms with Crippen LogP contribution in [0.5, 0.6) is 0 Å². The number of aromatic amines is 1. The Morgan fingerprint density at radius 1 is 0.968 bits per heavy atom. The van der Waals surface area contributed by atoms with Crippen LogP contribution in [0.2, 0.25) is 0 Å². The van der Waals surface area contributed by atoms with E-state index in [2.05, 4.69) is 15.3 Å². The summed E-state index contributed by atoms with van der Waals surface area (Å²) in [6, 6.07) is 15.8. The van der Waals surface area contributed by atoms with Gasteiger partial charge >= 0.3 is 6.18 Å². The first-order chi connectivity index (χ1) is 14.8. The van der Waals surface area contributed by atoms with Gasteiger partial charge in [-0.2, -0.15) is 13.2 Å². The highest BCUT2D eigenvalue weighted by Gasteiger charge is 2.33. The molecule has 0 spiro atoms. The molecule has 1 aromatic heterocycles. The van der Waals surface area contributed by atoms with Gasteiger partial charge in [0.15, 0.2) is 5.82 Å². The molecular weight excluding hydrogens is 410 g/mol. The quantitative estimate of drug-likeness (QED) is 0.437. The van der Waals surface area contributed by atoms with E-state index in [0.717, 1.165) is 17.2 Å². The fourth-order valence-electron chi connectivity index (χ4n) is 4.04. The number of benzene rings is 3. The number of alkyl halides is 3. The summed E-state index contributed by atoms with van der Waals surface area (Å²) in [7, 11) is 0. The molecule has 5 rings (SSSR count). The Morgan fingerprint density at radius 2 is 1.68 bits per heavy atom. The average Bonchev–Trinajstić information content (AvgIpc) is 3.18. The van der Waals surface area contributed by atoms with Crippen molar-refractivity contribution in [1.29, 1.82) is 0 Å². The first kappa shape index (κ1) is 19.3. The molecule has 1 atom stereocenters. The number of rotatable bonds is 2. The average molecular weight is 425 g/mol. The van der Waals surface area contributed by atoms with Gasteiger partial charge in [-0.25, -0.2) is 9.37 Å². The summed E-state index contributed by atoms with van der Waals surface area (Å²) in [6.45, 7) is 0.420. The molecule has 1 aliphatic heterocycles. The number of nitrogens with one attached hydrogen (secondary N) is 2. The topological polar surface area (TPSA) is 57.8 Å². The van der Waals surface area contributed by atoms with Crippen molar-refractivity contribution in [3.8, 4) is 11.4 Å².